The van der Waals surface area contributed by atoms with Crippen LogP contribution >= 0.6 is 0 Å². The number of carbonyl (C=O) groups is 1. The van der Waals surface area contributed by atoms with Crippen LogP contribution in [0.1, 0.15) is 33.1 Å². The van der Waals surface area contributed by atoms with Crippen molar-refractivity contribution >= 4 is 5.91 Å². The van der Waals surface area contributed by atoms with Crippen LogP contribution in [0.25, 0.3) is 0 Å². The number of ether oxygens (including phenoxy) is 2. The van der Waals surface area contributed by atoms with Crippen molar-refractivity contribution in [1.29, 1.82) is 0 Å². The van der Waals surface area contributed by atoms with Gasteiger partial charge in [-0.1, -0.05) is 19.8 Å². The molecule has 20 heavy (non-hydrogen) atoms. The van der Waals surface area contributed by atoms with Crippen molar-refractivity contribution in [2.45, 2.75) is 63.8 Å². The molecule has 0 aromatic rings. The van der Waals surface area contributed by atoms with Gasteiger partial charge >= 0.3 is 0 Å². The van der Waals surface area contributed by atoms with Gasteiger partial charge in [0.05, 0.1) is 6.61 Å². The van der Waals surface area contributed by atoms with E-state index in [-0.39, 0.29) is 5.91 Å². The van der Waals surface area contributed by atoms with Crippen LogP contribution in [0.5, 0.6) is 0 Å². The minimum Gasteiger partial charge on any atom is -0.394 e. The quantitative estimate of drug-likeness (QED) is 0.454. The summed E-state index contributed by atoms with van der Waals surface area (Å²) in [6.45, 7) is 3.37. The molecule has 0 unspecified atom stereocenters. The number of hydrogen-bond donors (Lipinski definition) is 4. The van der Waals surface area contributed by atoms with E-state index in [4.69, 9.17) is 14.6 Å². The molecule has 0 saturated carbocycles. The van der Waals surface area contributed by atoms with Crippen molar-refractivity contribution in [1.82, 2.24) is 5.32 Å². The first-order valence-electron chi connectivity index (χ1n) is 7.02. The van der Waals surface area contributed by atoms with E-state index < -0.39 is 37.3 Å². The Morgan fingerprint density at radius 2 is 2.00 bits per heavy atom. The van der Waals surface area contributed by atoms with E-state index in [1.807, 2.05) is 0 Å². The summed E-state index contributed by atoms with van der Waals surface area (Å²) in [5, 5.41) is 31.5. The van der Waals surface area contributed by atoms with Crippen molar-refractivity contribution in [3.05, 3.63) is 0 Å². The highest BCUT2D eigenvalue weighted by Gasteiger charge is 2.45. The van der Waals surface area contributed by atoms with Crippen LogP contribution in [0, 0.1) is 0 Å². The lowest BCUT2D eigenvalue weighted by Crippen LogP contribution is -2.64. The number of hydrogen-bond acceptors (Lipinski definition) is 6. The summed E-state index contributed by atoms with van der Waals surface area (Å²) in [6.07, 6.45) is -1.44. The fourth-order valence-electron chi connectivity index (χ4n) is 2.16. The smallest absolute Gasteiger partial charge is 0.217 e. The maximum Gasteiger partial charge on any atom is 0.217 e. The normalized spacial score (nSPS) is 34.0. The van der Waals surface area contributed by atoms with Crippen LogP contribution in [0.3, 0.4) is 0 Å². The van der Waals surface area contributed by atoms with Gasteiger partial charge in [-0.05, 0) is 6.42 Å². The third-order valence-corrected chi connectivity index (χ3v) is 3.28. The largest absolute Gasteiger partial charge is 0.394 e. The maximum absolute atomic E-state index is 11.2. The van der Waals surface area contributed by atoms with Gasteiger partial charge in [-0.15, -0.1) is 0 Å². The average Bonchev–Trinajstić information content (AvgIpc) is 2.41. The second kappa shape index (κ2) is 8.53. The molecular formula is C13H25NO6. The third-order valence-electron chi connectivity index (χ3n) is 3.28. The molecule has 1 heterocycles. The van der Waals surface area contributed by atoms with Crippen molar-refractivity contribution in [3.63, 3.8) is 0 Å². The molecule has 1 aliphatic rings. The Hall–Kier alpha value is -0.730. The first kappa shape index (κ1) is 17.3. The van der Waals surface area contributed by atoms with Crippen LogP contribution in [-0.2, 0) is 14.3 Å². The molecule has 7 nitrogen and oxygen atoms in total. The molecule has 1 saturated heterocycles. The van der Waals surface area contributed by atoms with Crippen molar-refractivity contribution in [3.8, 4) is 0 Å². The van der Waals surface area contributed by atoms with Gasteiger partial charge in [-0.2, -0.15) is 0 Å². The fraction of sp³-hybridized carbons (Fsp3) is 0.923. The molecular weight excluding hydrogens is 266 g/mol. The first-order chi connectivity index (χ1) is 9.51. The van der Waals surface area contributed by atoms with Crippen LogP contribution in [0.4, 0.5) is 0 Å². The average molecular weight is 291 g/mol. The number of unbranched alkanes of at least 4 members (excludes halogenated alkanes) is 2. The van der Waals surface area contributed by atoms with Gasteiger partial charge < -0.3 is 30.1 Å². The highest BCUT2D eigenvalue weighted by molar-refractivity contribution is 5.73. The van der Waals surface area contributed by atoms with Gasteiger partial charge in [-0.3, -0.25) is 4.79 Å². The van der Waals surface area contributed by atoms with Gasteiger partial charge in [0.25, 0.3) is 0 Å². The fourth-order valence-corrected chi connectivity index (χ4v) is 2.16. The molecule has 1 rings (SSSR count). The first-order valence-corrected chi connectivity index (χ1v) is 7.02. The zero-order chi connectivity index (χ0) is 15.1. The Kier molecular flexibility index (Phi) is 7.39. The standard InChI is InChI=1S/C13H25NO6/c1-3-4-5-6-19-13-10(14-8(2)16)12(18)11(17)9(7-15)20-13/h9-13,15,17-18H,3-7H2,1-2H3,(H,14,16)/t9-,10-,11-,12-,13-/m1/s1. The molecule has 7 heteroatoms. The lowest BCUT2D eigenvalue weighted by Gasteiger charge is -2.42. The number of amides is 1. The van der Waals surface area contributed by atoms with Gasteiger partial charge in [0.2, 0.25) is 5.91 Å². The van der Waals surface area contributed by atoms with Crippen molar-refractivity contribution in [2.24, 2.45) is 0 Å². The number of aliphatic hydroxyl groups excluding tert-OH is 3. The van der Waals surface area contributed by atoms with Crippen LogP contribution in [0.15, 0.2) is 0 Å². The van der Waals surface area contributed by atoms with Gasteiger partial charge in [0, 0.05) is 13.5 Å². The Morgan fingerprint density at radius 3 is 2.55 bits per heavy atom. The summed E-state index contributed by atoms with van der Waals surface area (Å²) >= 11 is 0. The molecule has 5 atom stereocenters. The molecule has 1 amide bonds. The number of rotatable bonds is 7. The monoisotopic (exact) mass is 291 g/mol. The molecule has 0 aromatic carbocycles. The van der Waals surface area contributed by atoms with E-state index in [2.05, 4.69) is 12.2 Å². The van der Waals surface area contributed by atoms with Crippen molar-refractivity contribution < 1.29 is 29.6 Å². The van der Waals surface area contributed by atoms with Crippen LogP contribution < -0.4 is 5.32 Å². The summed E-state index contributed by atoms with van der Waals surface area (Å²) in [5.74, 6) is -0.352. The van der Waals surface area contributed by atoms with E-state index in [0.717, 1.165) is 19.3 Å². The van der Waals surface area contributed by atoms with Crippen LogP contribution in [-0.4, -0.2) is 65.1 Å². The zero-order valence-corrected chi connectivity index (χ0v) is 12.0. The SMILES string of the molecule is CCCCCO[C@@H]1O[C@H](CO)[C@@H](O)[C@H](O)[C@H]1NC(C)=O. The predicted molar refractivity (Wildman–Crippen MR) is 70.8 cm³/mol. The minimum absolute atomic E-state index is 0.352. The van der Waals surface area contributed by atoms with Crippen LogP contribution in [0.2, 0.25) is 0 Å². The summed E-state index contributed by atoms with van der Waals surface area (Å²) in [7, 11) is 0. The molecule has 0 spiro atoms. The zero-order valence-electron chi connectivity index (χ0n) is 12.0. The molecule has 1 aliphatic heterocycles. The second-order valence-corrected chi connectivity index (χ2v) is 5.01. The van der Waals surface area contributed by atoms with Gasteiger partial charge in [0.15, 0.2) is 6.29 Å². The molecule has 118 valence electrons. The topological polar surface area (TPSA) is 108 Å². The lowest BCUT2D eigenvalue weighted by atomic mass is 9.97. The Balaban J connectivity index is 2.65. The summed E-state index contributed by atoms with van der Waals surface area (Å²) < 4.78 is 10.9. The van der Waals surface area contributed by atoms with E-state index in [1.165, 1.54) is 6.92 Å². The second-order valence-electron chi connectivity index (χ2n) is 5.01. The molecule has 1 fully saturated rings. The lowest BCUT2D eigenvalue weighted by molar-refractivity contribution is -0.270. The van der Waals surface area contributed by atoms with Gasteiger partial charge in [0.1, 0.15) is 24.4 Å². The van der Waals surface area contributed by atoms with E-state index in [0.29, 0.717) is 6.61 Å². The Bertz CT molecular complexity index is 301. The van der Waals surface area contributed by atoms with E-state index in [9.17, 15) is 15.0 Å². The predicted octanol–water partition coefficient (Wildman–Crippen LogP) is -0.863. The van der Waals surface area contributed by atoms with Gasteiger partial charge in [-0.25, -0.2) is 0 Å². The Morgan fingerprint density at radius 1 is 1.30 bits per heavy atom. The molecule has 0 bridgehead atoms. The maximum atomic E-state index is 11.2. The molecule has 0 aliphatic carbocycles. The van der Waals surface area contributed by atoms with Crippen molar-refractivity contribution in [2.75, 3.05) is 13.2 Å². The summed E-state index contributed by atoms with van der Waals surface area (Å²) in [6, 6.07) is -0.855. The number of nitrogens with one attached hydrogen (secondary N) is 1. The number of aliphatic hydroxyl groups is 3. The Labute approximate surface area is 118 Å². The van der Waals surface area contributed by atoms with E-state index in [1.54, 1.807) is 0 Å². The highest BCUT2D eigenvalue weighted by Crippen LogP contribution is 2.22. The molecule has 4 N–H and O–H groups in total. The summed E-state index contributed by atoms with van der Waals surface area (Å²) in [4.78, 5) is 11.2. The third kappa shape index (κ3) is 4.68. The molecule has 0 aromatic heterocycles. The minimum atomic E-state index is -1.27. The highest BCUT2D eigenvalue weighted by atomic mass is 16.7. The molecule has 0 radical (unpaired) electrons. The number of carbonyl (C=O) groups excluding carboxylic acids is 1. The summed E-state index contributed by atoms with van der Waals surface area (Å²) in [5.41, 5.74) is 0. The van der Waals surface area contributed by atoms with E-state index >= 15 is 0 Å².